The van der Waals surface area contributed by atoms with E-state index >= 15 is 0 Å². The Morgan fingerprint density at radius 3 is 2.21 bits per heavy atom. The minimum atomic E-state index is -0.485. The first kappa shape index (κ1) is 24.1. The van der Waals surface area contributed by atoms with Gasteiger partial charge >= 0.3 is 0 Å². The molecule has 1 unspecified atom stereocenters. The molecule has 0 aliphatic heterocycles. The number of fused-ring (bicyclic) bond motifs is 1. The van der Waals surface area contributed by atoms with Gasteiger partial charge in [0.05, 0.1) is 11.5 Å². The van der Waals surface area contributed by atoms with E-state index in [9.17, 15) is 10.1 Å². The van der Waals surface area contributed by atoms with Crippen LogP contribution >= 0.6 is 23.6 Å². The fourth-order valence-corrected chi connectivity index (χ4v) is 6.19. The van der Waals surface area contributed by atoms with E-state index in [1.54, 1.807) is 11.3 Å². The predicted octanol–water partition coefficient (Wildman–Crippen LogP) is 6.42. The van der Waals surface area contributed by atoms with Gasteiger partial charge in [0.1, 0.15) is 11.1 Å². The lowest BCUT2D eigenvalue weighted by molar-refractivity contribution is -0.120. The highest BCUT2D eigenvalue weighted by Gasteiger charge is 2.32. The molecule has 0 saturated heterocycles. The fraction of sp³-hybridized carbons (Fsp3) is 0.321. The van der Waals surface area contributed by atoms with Crippen LogP contribution in [-0.4, -0.2) is 11.0 Å². The highest BCUT2D eigenvalue weighted by atomic mass is 32.1. The van der Waals surface area contributed by atoms with Crippen molar-refractivity contribution >= 4 is 39.6 Å². The van der Waals surface area contributed by atoms with E-state index in [2.05, 4.69) is 37.5 Å². The van der Waals surface area contributed by atoms with Gasteiger partial charge in [-0.15, -0.1) is 11.3 Å². The summed E-state index contributed by atoms with van der Waals surface area (Å²) in [5, 5.41) is 16.8. The number of thiocarbonyl (C=S) groups is 1. The molecular weight excluding hydrogens is 458 g/mol. The van der Waals surface area contributed by atoms with Gasteiger partial charge in [-0.25, -0.2) is 0 Å². The summed E-state index contributed by atoms with van der Waals surface area (Å²) >= 11 is 7.11. The molecule has 0 radical (unpaired) electrons. The van der Waals surface area contributed by atoms with E-state index in [4.69, 9.17) is 12.2 Å². The standard InChI is InChI=1S/C28H29N3OS2/c1-28(2,3)20-14-15-21-22(17-29)26(34-23(21)16-20)31-27(33)30-25(32)24(18-10-6-4-7-11-18)19-12-8-5-9-13-19/h4-13,20,24H,14-16H2,1-3H3,(H2,30,31,32,33). The van der Waals surface area contributed by atoms with E-state index < -0.39 is 5.92 Å². The Kier molecular flexibility index (Phi) is 7.16. The molecule has 3 aromatic rings. The molecule has 4 nitrogen and oxygen atoms in total. The number of hydrogen-bond acceptors (Lipinski definition) is 4. The Labute approximate surface area is 211 Å². The van der Waals surface area contributed by atoms with E-state index in [1.807, 2.05) is 60.7 Å². The van der Waals surface area contributed by atoms with Crippen LogP contribution in [-0.2, 0) is 17.6 Å². The van der Waals surface area contributed by atoms with Crippen LogP contribution in [0.5, 0.6) is 0 Å². The van der Waals surface area contributed by atoms with Crippen LogP contribution in [0.15, 0.2) is 60.7 Å². The number of amides is 1. The average Bonchev–Trinajstić information content (AvgIpc) is 3.16. The van der Waals surface area contributed by atoms with Gasteiger partial charge in [-0.1, -0.05) is 81.4 Å². The molecule has 1 aromatic heterocycles. The topological polar surface area (TPSA) is 64.9 Å². The second-order valence-electron chi connectivity index (χ2n) is 9.82. The highest BCUT2D eigenvalue weighted by molar-refractivity contribution is 7.80. The largest absolute Gasteiger partial charge is 0.323 e. The average molecular weight is 488 g/mol. The second-order valence-corrected chi connectivity index (χ2v) is 11.3. The molecule has 4 rings (SSSR count). The van der Waals surface area contributed by atoms with Gasteiger partial charge in [0.2, 0.25) is 5.91 Å². The smallest absolute Gasteiger partial charge is 0.238 e. The summed E-state index contributed by atoms with van der Waals surface area (Å²) in [6.07, 6.45) is 2.96. The summed E-state index contributed by atoms with van der Waals surface area (Å²) in [4.78, 5) is 14.6. The molecule has 0 spiro atoms. The molecule has 0 fully saturated rings. The molecule has 6 heteroatoms. The van der Waals surface area contributed by atoms with Crippen LogP contribution in [0.4, 0.5) is 5.00 Å². The fourth-order valence-electron chi connectivity index (χ4n) is 4.64. The van der Waals surface area contributed by atoms with Crippen molar-refractivity contribution < 1.29 is 4.79 Å². The van der Waals surface area contributed by atoms with Crippen LogP contribution in [0.25, 0.3) is 0 Å². The van der Waals surface area contributed by atoms with Gasteiger partial charge in [-0.2, -0.15) is 5.26 Å². The Morgan fingerprint density at radius 1 is 1.09 bits per heavy atom. The normalized spacial score (nSPS) is 15.3. The third-order valence-corrected chi connectivity index (χ3v) is 7.97. The van der Waals surface area contributed by atoms with Crippen molar-refractivity contribution in [2.75, 3.05) is 5.32 Å². The summed E-state index contributed by atoms with van der Waals surface area (Å²) in [7, 11) is 0. The second kappa shape index (κ2) is 10.1. The van der Waals surface area contributed by atoms with Crippen LogP contribution < -0.4 is 10.6 Å². The molecule has 2 N–H and O–H groups in total. The van der Waals surface area contributed by atoms with Crippen LogP contribution in [0, 0.1) is 22.7 Å². The van der Waals surface area contributed by atoms with Gasteiger partial charge in [-0.05, 0) is 59.5 Å². The SMILES string of the molecule is CC(C)(C)C1CCc2c(sc(NC(=S)NC(=O)C(c3ccccc3)c3ccccc3)c2C#N)C1. The Balaban J connectivity index is 1.53. The molecule has 174 valence electrons. The number of anilines is 1. The van der Waals surface area contributed by atoms with Crippen molar-refractivity contribution in [3.05, 3.63) is 87.8 Å². The minimum absolute atomic E-state index is 0.206. The molecule has 34 heavy (non-hydrogen) atoms. The summed E-state index contributed by atoms with van der Waals surface area (Å²) in [6.45, 7) is 6.84. The van der Waals surface area contributed by atoms with Gasteiger partial charge in [-0.3, -0.25) is 4.79 Å². The monoisotopic (exact) mass is 487 g/mol. The first-order valence-corrected chi connectivity index (χ1v) is 12.8. The molecule has 1 heterocycles. The number of nitriles is 1. The lowest BCUT2D eigenvalue weighted by Gasteiger charge is -2.33. The quantitative estimate of drug-likeness (QED) is 0.417. The maximum Gasteiger partial charge on any atom is 0.238 e. The summed E-state index contributed by atoms with van der Waals surface area (Å²) in [5.74, 6) is -0.105. The number of hydrogen-bond donors (Lipinski definition) is 2. The Hall–Kier alpha value is -3.01. The number of carbonyl (C=O) groups excluding carboxylic acids is 1. The van der Waals surface area contributed by atoms with Crippen LogP contribution in [0.1, 0.15) is 60.2 Å². The lowest BCUT2D eigenvalue weighted by atomic mass is 9.72. The number of nitrogens with one attached hydrogen (secondary N) is 2. The van der Waals surface area contributed by atoms with Gasteiger partial charge in [0, 0.05) is 4.88 Å². The maximum absolute atomic E-state index is 13.3. The zero-order valence-corrected chi connectivity index (χ0v) is 21.4. The summed E-state index contributed by atoms with van der Waals surface area (Å²) in [5.41, 5.74) is 3.82. The number of rotatable bonds is 4. The van der Waals surface area contributed by atoms with Crippen molar-refractivity contribution in [1.29, 1.82) is 5.26 Å². The molecule has 0 saturated carbocycles. The van der Waals surface area contributed by atoms with E-state index in [0.29, 0.717) is 11.5 Å². The van der Waals surface area contributed by atoms with Gasteiger partial charge in [0.25, 0.3) is 0 Å². The van der Waals surface area contributed by atoms with E-state index in [0.717, 1.165) is 41.0 Å². The molecule has 1 aliphatic carbocycles. The van der Waals surface area contributed by atoms with Crippen molar-refractivity contribution in [1.82, 2.24) is 5.32 Å². The predicted molar refractivity (Wildman–Crippen MR) is 143 cm³/mol. The maximum atomic E-state index is 13.3. The van der Waals surface area contributed by atoms with Crippen molar-refractivity contribution in [3.63, 3.8) is 0 Å². The summed E-state index contributed by atoms with van der Waals surface area (Å²) in [6, 6.07) is 21.7. The van der Waals surface area contributed by atoms with E-state index in [-0.39, 0.29) is 16.4 Å². The molecule has 0 bridgehead atoms. The van der Waals surface area contributed by atoms with Crippen LogP contribution in [0.3, 0.4) is 0 Å². The first-order valence-electron chi connectivity index (χ1n) is 11.5. The molecular formula is C28H29N3OS2. The Morgan fingerprint density at radius 2 is 1.68 bits per heavy atom. The minimum Gasteiger partial charge on any atom is -0.323 e. The number of carbonyl (C=O) groups is 1. The molecule has 2 aromatic carbocycles. The molecule has 1 atom stereocenters. The summed E-state index contributed by atoms with van der Waals surface area (Å²) < 4.78 is 0. The van der Waals surface area contributed by atoms with Gasteiger partial charge < -0.3 is 10.6 Å². The first-order chi connectivity index (χ1) is 16.3. The number of thiophene rings is 1. The lowest BCUT2D eigenvalue weighted by Crippen LogP contribution is -2.37. The van der Waals surface area contributed by atoms with Gasteiger partial charge in [0.15, 0.2) is 5.11 Å². The number of nitrogens with zero attached hydrogens (tertiary/aromatic N) is 1. The van der Waals surface area contributed by atoms with Crippen molar-refractivity contribution in [3.8, 4) is 6.07 Å². The van der Waals surface area contributed by atoms with Crippen LogP contribution in [0.2, 0.25) is 0 Å². The zero-order valence-electron chi connectivity index (χ0n) is 19.7. The molecule has 1 aliphatic rings. The van der Waals surface area contributed by atoms with Crippen molar-refractivity contribution in [2.24, 2.45) is 11.3 Å². The zero-order chi connectivity index (χ0) is 24.3. The Bertz CT molecular complexity index is 1180. The number of benzene rings is 2. The third kappa shape index (κ3) is 5.22. The molecule has 1 amide bonds. The van der Waals surface area contributed by atoms with Crippen molar-refractivity contribution in [2.45, 2.75) is 46.0 Å². The highest BCUT2D eigenvalue weighted by Crippen LogP contribution is 2.44. The van der Waals surface area contributed by atoms with E-state index in [1.165, 1.54) is 4.88 Å². The third-order valence-electron chi connectivity index (χ3n) is 6.59.